The zero-order valence-corrected chi connectivity index (χ0v) is 17.6. The Hall–Kier alpha value is -3.76. The van der Waals surface area contributed by atoms with E-state index in [2.05, 4.69) is 32.3 Å². The molecule has 3 aromatic rings. The summed E-state index contributed by atoms with van der Waals surface area (Å²) in [5.74, 6) is 0.458. The lowest BCUT2D eigenvalue weighted by Gasteiger charge is -2.29. The molecule has 0 fully saturated rings. The summed E-state index contributed by atoms with van der Waals surface area (Å²) in [5.41, 5.74) is 5.67. The SMILES string of the molecule is N#CC1COCc2ccc(C(=O)NCc3cc4c(cn3)CCN(c3ccccn3)C4)cc21. The molecule has 1 amide bonds. The number of aromatic nitrogens is 2. The summed E-state index contributed by atoms with van der Waals surface area (Å²) >= 11 is 0. The summed E-state index contributed by atoms with van der Waals surface area (Å²) in [6.45, 7) is 2.87. The van der Waals surface area contributed by atoms with Gasteiger partial charge in [-0.3, -0.25) is 9.78 Å². The highest BCUT2D eigenvalue weighted by Gasteiger charge is 2.22. The predicted octanol–water partition coefficient (Wildman–Crippen LogP) is 3.11. The maximum atomic E-state index is 12.8. The van der Waals surface area contributed by atoms with Crippen molar-refractivity contribution in [3.05, 3.63) is 88.4 Å². The average Bonchev–Trinajstić information content (AvgIpc) is 2.86. The first kappa shape index (κ1) is 20.2. The van der Waals surface area contributed by atoms with Gasteiger partial charge in [0, 0.05) is 31.0 Å². The minimum atomic E-state index is -0.337. The van der Waals surface area contributed by atoms with Crippen molar-refractivity contribution in [1.82, 2.24) is 15.3 Å². The Balaban J connectivity index is 1.27. The van der Waals surface area contributed by atoms with Crippen LogP contribution in [0.3, 0.4) is 0 Å². The third-order valence-corrected chi connectivity index (χ3v) is 6.04. The first-order chi connectivity index (χ1) is 15.7. The molecule has 0 saturated carbocycles. The number of amides is 1. The van der Waals surface area contributed by atoms with Gasteiger partial charge in [-0.05, 0) is 59.0 Å². The second kappa shape index (κ2) is 8.77. The highest BCUT2D eigenvalue weighted by Crippen LogP contribution is 2.27. The standard InChI is InChI=1S/C25H23N5O2/c26-11-21-16-32-15-19-5-4-17(10-23(19)21)25(31)29-13-22-9-20-14-30(8-6-18(20)12-28-22)24-3-1-2-7-27-24/h1-5,7,9-10,12,21H,6,8,13-16H2,(H,29,31). The minimum absolute atomic E-state index is 0.175. The maximum absolute atomic E-state index is 12.8. The molecule has 0 radical (unpaired) electrons. The molecule has 2 aliphatic heterocycles. The number of nitriles is 1. The molecule has 0 aliphatic carbocycles. The molecule has 1 N–H and O–H groups in total. The van der Waals surface area contributed by atoms with E-state index in [9.17, 15) is 10.1 Å². The fourth-order valence-electron chi connectivity index (χ4n) is 4.27. The lowest BCUT2D eigenvalue weighted by molar-refractivity contribution is 0.0945. The summed E-state index contributed by atoms with van der Waals surface area (Å²) in [4.78, 5) is 24.0. The third kappa shape index (κ3) is 4.05. The highest BCUT2D eigenvalue weighted by molar-refractivity contribution is 5.94. The number of ether oxygens (including phenoxy) is 1. The van der Waals surface area contributed by atoms with Crippen molar-refractivity contribution < 1.29 is 9.53 Å². The molecule has 32 heavy (non-hydrogen) atoms. The number of anilines is 1. The van der Waals surface area contributed by atoms with E-state index in [1.54, 1.807) is 6.07 Å². The van der Waals surface area contributed by atoms with Crippen molar-refractivity contribution in [3.8, 4) is 6.07 Å². The molecule has 7 nitrogen and oxygen atoms in total. The minimum Gasteiger partial charge on any atom is -0.375 e. The monoisotopic (exact) mass is 425 g/mol. The van der Waals surface area contributed by atoms with Gasteiger partial charge in [-0.25, -0.2) is 4.98 Å². The van der Waals surface area contributed by atoms with Crippen LogP contribution in [0.1, 0.15) is 44.2 Å². The van der Waals surface area contributed by atoms with Crippen LogP contribution in [-0.4, -0.2) is 29.0 Å². The number of carbonyl (C=O) groups excluding carboxylic acids is 1. The molecule has 4 heterocycles. The lowest BCUT2D eigenvalue weighted by atomic mass is 9.92. The van der Waals surface area contributed by atoms with Gasteiger partial charge in [0.05, 0.1) is 37.4 Å². The Bertz CT molecular complexity index is 1190. The van der Waals surface area contributed by atoms with E-state index < -0.39 is 0 Å². The van der Waals surface area contributed by atoms with Crippen LogP contribution < -0.4 is 10.2 Å². The van der Waals surface area contributed by atoms with Crippen molar-refractivity contribution in [3.63, 3.8) is 0 Å². The van der Waals surface area contributed by atoms with Crippen LogP contribution in [0.4, 0.5) is 5.82 Å². The molecule has 7 heteroatoms. The Labute approximate surface area is 186 Å². The number of nitrogens with one attached hydrogen (secondary N) is 1. The first-order valence-electron chi connectivity index (χ1n) is 10.7. The number of fused-ring (bicyclic) bond motifs is 2. The molecule has 160 valence electrons. The molecule has 0 spiro atoms. The Kier molecular flexibility index (Phi) is 5.53. The number of carbonyl (C=O) groups is 1. The van der Waals surface area contributed by atoms with E-state index in [-0.39, 0.29) is 11.8 Å². The fourth-order valence-corrected chi connectivity index (χ4v) is 4.27. The molecule has 2 aliphatic rings. The average molecular weight is 425 g/mol. The lowest BCUT2D eigenvalue weighted by Crippen LogP contribution is -2.31. The van der Waals surface area contributed by atoms with Gasteiger partial charge in [-0.2, -0.15) is 5.26 Å². The molecular formula is C25H23N5O2. The van der Waals surface area contributed by atoms with Gasteiger partial charge in [-0.1, -0.05) is 12.1 Å². The third-order valence-electron chi connectivity index (χ3n) is 6.04. The van der Waals surface area contributed by atoms with Crippen LogP contribution in [-0.2, 0) is 30.9 Å². The van der Waals surface area contributed by atoms with Crippen molar-refractivity contribution >= 4 is 11.7 Å². The summed E-state index contributed by atoms with van der Waals surface area (Å²) in [6.07, 6.45) is 4.65. The molecule has 5 rings (SSSR count). The predicted molar refractivity (Wildman–Crippen MR) is 119 cm³/mol. The molecule has 2 aromatic heterocycles. The van der Waals surface area contributed by atoms with E-state index in [4.69, 9.17) is 4.74 Å². The summed E-state index contributed by atoms with van der Waals surface area (Å²) < 4.78 is 5.45. The molecule has 1 aromatic carbocycles. The Morgan fingerprint density at radius 1 is 1.19 bits per heavy atom. The van der Waals surface area contributed by atoms with Crippen molar-refractivity contribution in [2.24, 2.45) is 0 Å². The Morgan fingerprint density at radius 2 is 2.12 bits per heavy atom. The molecular weight excluding hydrogens is 402 g/mol. The van der Waals surface area contributed by atoms with Crippen LogP contribution in [0.2, 0.25) is 0 Å². The number of hydrogen-bond acceptors (Lipinski definition) is 6. The highest BCUT2D eigenvalue weighted by atomic mass is 16.5. The Morgan fingerprint density at radius 3 is 2.97 bits per heavy atom. The van der Waals surface area contributed by atoms with E-state index in [0.29, 0.717) is 25.3 Å². The molecule has 0 bridgehead atoms. The topological polar surface area (TPSA) is 91.1 Å². The smallest absolute Gasteiger partial charge is 0.251 e. The number of pyridine rings is 2. The molecule has 1 atom stereocenters. The second-order valence-corrected chi connectivity index (χ2v) is 8.10. The summed E-state index contributed by atoms with van der Waals surface area (Å²) in [6, 6.07) is 15.7. The van der Waals surface area contributed by atoms with Gasteiger partial charge in [0.2, 0.25) is 0 Å². The van der Waals surface area contributed by atoms with Crippen LogP contribution in [0, 0.1) is 11.3 Å². The van der Waals surface area contributed by atoms with Gasteiger partial charge in [-0.15, -0.1) is 0 Å². The first-order valence-corrected chi connectivity index (χ1v) is 10.7. The summed E-state index contributed by atoms with van der Waals surface area (Å²) in [7, 11) is 0. The van der Waals surface area contributed by atoms with Gasteiger partial charge >= 0.3 is 0 Å². The quantitative estimate of drug-likeness (QED) is 0.691. The van der Waals surface area contributed by atoms with E-state index in [1.165, 1.54) is 11.1 Å². The summed E-state index contributed by atoms with van der Waals surface area (Å²) in [5, 5.41) is 12.3. The fraction of sp³-hybridized carbons (Fsp3) is 0.280. The van der Waals surface area contributed by atoms with Crippen molar-refractivity contribution in [2.45, 2.75) is 32.0 Å². The van der Waals surface area contributed by atoms with Gasteiger partial charge in [0.1, 0.15) is 5.82 Å². The van der Waals surface area contributed by atoms with Gasteiger partial charge < -0.3 is 15.0 Å². The van der Waals surface area contributed by atoms with Crippen LogP contribution in [0.25, 0.3) is 0 Å². The van der Waals surface area contributed by atoms with Crippen LogP contribution >= 0.6 is 0 Å². The zero-order chi connectivity index (χ0) is 21.9. The zero-order valence-electron chi connectivity index (χ0n) is 17.6. The van der Waals surface area contributed by atoms with Crippen LogP contribution in [0.5, 0.6) is 0 Å². The molecule has 0 saturated heterocycles. The maximum Gasteiger partial charge on any atom is 0.251 e. The second-order valence-electron chi connectivity index (χ2n) is 8.10. The molecule has 1 unspecified atom stereocenters. The van der Waals surface area contributed by atoms with E-state index in [0.717, 1.165) is 42.1 Å². The number of benzene rings is 1. The van der Waals surface area contributed by atoms with E-state index >= 15 is 0 Å². The normalized spacial score (nSPS) is 17.1. The largest absolute Gasteiger partial charge is 0.375 e. The van der Waals surface area contributed by atoms with Gasteiger partial charge in [0.25, 0.3) is 5.91 Å². The van der Waals surface area contributed by atoms with Crippen molar-refractivity contribution in [2.75, 3.05) is 18.1 Å². The number of nitrogens with zero attached hydrogens (tertiary/aromatic N) is 4. The van der Waals surface area contributed by atoms with Gasteiger partial charge in [0.15, 0.2) is 0 Å². The number of rotatable bonds is 4. The van der Waals surface area contributed by atoms with Crippen molar-refractivity contribution in [1.29, 1.82) is 5.26 Å². The number of hydrogen-bond donors (Lipinski definition) is 1. The van der Waals surface area contributed by atoms with Crippen LogP contribution in [0.15, 0.2) is 54.9 Å². The van der Waals surface area contributed by atoms with E-state index in [1.807, 2.05) is 42.7 Å².